The van der Waals surface area contributed by atoms with Crippen molar-refractivity contribution in [2.75, 3.05) is 18.4 Å². The average Bonchev–Trinajstić information content (AvgIpc) is 2.71. The summed E-state index contributed by atoms with van der Waals surface area (Å²) >= 11 is 6.75. The summed E-state index contributed by atoms with van der Waals surface area (Å²) in [5, 5.41) is 1.08. The lowest BCUT2D eigenvalue weighted by Crippen LogP contribution is -2.20. The van der Waals surface area contributed by atoms with E-state index in [1.54, 1.807) is 0 Å². The largest absolute Gasteiger partial charge is 0.299 e. The van der Waals surface area contributed by atoms with Crippen LogP contribution >= 0.6 is 31.9 Å². The van der Waals surface area contributed by atoms with Gasteiger partial charge in [-0.2, -0.15) is 0 Å². The lowest BCUT2D eigenvalue weighted by Gasteiger charge is -2.15. The maximum Gasteiger partial charge on any atom is 0.137 e. The van der Waals surface area contributed by atoms with Crippen molar-refractivity contribution in [1.82, 2.24) is 4.90 Å². The standard InChI is InChI=1S/C12H14Br2FN/c13-6-10-3-4-16(8-10)7-9-1-2-12(15)11(14)5-9/h1-2,5,10H,3-4,6-8H2. The van der Waals surface area contributed by atoms with Crippen LogP contribution < -0.4 is 0 Å². The maximum absolute atomic E-state index is 13.1. The van der Waals surface area contributed by atoms with Crippen LogP contribution in [0.5, 0.6) is 0 Å². The van der Waals surface area contributed by atoms with E-state index in [1.165, 1.54) is 18.1 Å². The van der Waals surface area contributed by atoms with Crippen molar-refractivity contribution < 1.29 is 4.39 Å². The molecule has 88 valence electrons. The number of benzene rings is 1. The van der Waals surface area contributed by atoms with Crippen LogP contribution in [0.4, 0.5) is 4.39 Å². The van der Waals surface area contributed by atoms with Crippen molar-refractivity contribution in [1.29, 1.82) is 0 Å². The predicted molar refractivity (Wildman–Crippen MR) is 71.3 cm³/mol. The van der Waals surface area contributed by atoms with E-state index in [4.69, 9.17) is 0 Å². The first kappa shape index (κ1) is 12.5. The molecule has 1 unspecified atom stereocenters. The van der Waals surface area contributed by atoms with Crippen LogP contribution in [0.15, 0.2) is 22.7 Å². The summed E-state index contributed by atoms with van der Waals surface area (Å²) in [5.74, 6) is 0.576. The van der Waals surface area contributed by atoms with Crippen LogP contribution in [0.3, 0.4) is 0 Å². The highest BCUT2D eigenvalue weighted by Crippen LogP contribution is 2.22. The minimum atomic E-state index is -0.191. The van der Waals surface area contributed by atoms with Crippen LogP contribution in [0.25, 0.3) is 0 Å². The minimum absolute atomic E-state index is 0.191. The number of hydrogen-bond donors (Lipinski definition) is 0. The van der Waals surface area contributed by atoms with Gasteiger partial charge in [0.15, 0.2) is 0 Å². The summed E-state index contributed by atoms with van der Waals surface area (Å²) in [6, 6.07) is 5.26. The second kappa shape index (κ2) is 5.61. The normalized spacial score (nSPS) is 21.6. The zero-order chi connectivity index (χ0) is 11.5. The molecule has 0 bridgehead atoms. The summed E-state index contributed by atoms with van der Waals surface area (Å²) in [7, 11) is 0. The summed E-state index contributed by atoms with van der Waals surface area (Å²) in [6.45, 7) is 3.20. The molecule has 0 aromatic heterocycles. The molecule has 1 aliphatic rings. The molecule has 16 heavy (non-hydrogen) atoms. The number of nitrogens with zero attached hydrogens (tertiary/aromatic N) is 1. The fourth-order valence-electron chi connectivity index (χ4n) is 2.08. The smallest absolute Gasteiger partial charge is 0.137 e. The van der Waals surface area contributed by atoms with Gasteiger partial charge in [0.1, 0.15) is 5.82 Å². The summed E-state index contributed by atoms with van der Waals surface area (Å²) in [6.07, 6.45) is 1.26. The Hall–Kier alpha value is 0.0700. The molecular weight excluding hydrogens is 337 g/mol. The minimum Gasteiger partial charge on any atom is -0.299 e. The van der Waals surface area contributed by atoms with E-state index in [0.717, 1.165) is 30.9 Å². The Balaban J connectivity index is 1.97. The molecule has 0 spiro atoms. The van der Waals surface area contributed by atoms with E-state index in [2.05, 4.69) is 36.8 Å². The molecule has 1 atom stereocenters. The molecule has 0 saturated carbocycles. The quantitative estimate of drug-likeness (QED) is 0.749. The molecule has 1 aromatic carbocycles. The second-order valence-corrected chi connectivity index (χ2v) is 5.79. The number of alkyl halides is 1. The molecule has 1 fully saturated rings. The highest BCUT2D eigenvalue weighted by atomic mass is 79.9. The number of likely N-dealkylation sites (tertiary alicyclic amines) is 1. The van der Waals surface area contributed by atoms with Crippen molar-refractivity contribution in [2.24, 2.45) is 5.92 Å². The van der Waals surface area contributed by atoms with E-state index in [9.17, 15) is 4.39 Å². The predicted octanol–water partition coefficient (Wildman–Crippen LogP) is 3.81. The monoisotopic (exact) mass is 349 g/mol. The zero-order valence-corrected chi connectivity index (χ0v) is 12.1. The highest BCUT2D eigenvalue weighted by Gasteiger charge is 2.21. The fourth-order valence-corrected chi connectivity index (χ4v) is 3.03. The fraction of sp³-hybridized carbons (Fsp3) is 0.500. The molecule has 2 rings (SSSR count). The van der Waals surface area contributed by atoms with Crippen molar-refractivity contribution in [2.45, 2.75) is 13.0 Å². The summed E-state index contributed by atoms with van der Waals surface area (Å²) < 4.78 is 13.6. The third-order valence-corrected chi connectivity index (χ3v) is 4.50. The molecule has 0 N–H and O–H groups in total. The van der Waals surface area contributed by atoms with E-state index in [0.29, 0.717) is 4.47 Å². The zero-order valence-electron chi connectivity index (χ0n) is 8.93. The van der Waals surface area contributed by atoms with Gasteiger partial charge in [0.05, 0.1) is 4.47 Å². The van der Waals surface area contributed by atoms with Gasteiger partial charge in [-0.15, -0.1) is 0 Å². The molecule has 0 amide bonds. The first-order valence-corrected chi connectivity index (χ1v) is 7.32. The van der Waals surface area contributed by atoms with Gasteiger partial charge in [0.25, 0.3) is 0 Å². The molecule has 1 aliphatic heterocycles. The summed E-state index contributed by atoms with van der Waals surface area (Å²) in [5.41, 5.74) is 1.17. The Morgan fingerprint density at radius 3 is 2.88 bits per heavy atom. The van der Waals surface area contributed by atoms with Crippen molar-refractivity contribution in [3.63, 3.8) is 0 Å². The molecule has 0 radical (unpaired) electrons. The Labute approximate surface area is 112 Å². The van der Waals surface area contributed by atoms with Crippen LogP contribution in [0.2, 0.25) is 0 Å². The van der Waals surface area contributed by atoms with Crippen LogP contribution in [-0.4, -0.2) is 23.3 Å². The van der Waals surface area contributed by atoms with Gasteiger partial charge in [-0.05, 0) is 52.5 Å². The summed E-state index contributed by atoms with van der Waals surface area (Å²) in [4.78, 5) is 2.42. The van der Waals surface area contributed by atoms with E-state index >= 15 is 0 Å². The molecular formula is C12H14Br2FN. The van der Waals surface area contributed by atoms with Crippen LogP contribution in [0, 0.1) is 11.7 Å². The van der Waals surface area contributed by atoms with Gasteiger partial charge in [-0.25, -0.2) is 4.39 Å². The van der Waals surface area contributed by atoms with Crippen molar-refractivity contribution in [3.8, 4) is 0 Å². The number of halogens is 3. The van der Waals surface area contributed by atoms with E-state index < -0.39 is 0 Å². The van der Waals surface area contributed by atoms with Gasteiger partial charge < -0.3 is 0 Å². The Kier molecular flexibility index (Phi) is 4.39. The molecule has 1 aromatic rings. The molecule has 0 aliphatic carbocycles. The Morgan fingerprint density at radius 1 is 1.44 bits per heavy atom. The molecule has 1 nitrogen and oxygen atoms in total. The molecule has 1 heterocycles. The second-order valence-electron chi connectivity index (χ2n) is 4.29. The third kappa shape index (κ3) is 3.05. The topological polar surface area (TPSA) is 3.24 Å². The number of rotatable bonds is 3. The first-order chi connectivity index (χ1) is 7.69. The lowest BCUT2D eigenvalue weighted by molar-refractivity contribution is 0.321. The van der Waals surface area contributed by atoms with Crippen molar-refractivity contribution >= 4 is 31.9 Å². The van der Waals surface area contributed by atoms with E-state index in [-0.39, 0.29) is 5.82 Å². The van der Waals surface area contributed by atoms with Gasteiger partial charge in [0.2, 0.25) is 0 Å². The number of hydrogen-bond acceptors (Lipinski definition) is 1. The van der Waals surface area contributed by atoms with Gasteiger partial charge in [0, 0.05) is 18.4 Å². The van der Waals surface area contributed by atoms with E-state index in [1.807, 2.05) is 12.1 Å². The van der Waals surface area contributed by atoms with Crippen molar-refractivity contribution in [3.05, 3.63) is 34.1 Å². The SMILES string of the molecule is Fc1ccc(CN2CCC(CBr)C2)cc1Br. The van der Waals surface area contributed by atoms with Gasteiger partial charge in [-0.1, -0.05) is 22.0 Å². The first-order valence-electron chi connectivity index (χ1n) is 5.41. The Morgan fingerprint density at radius 2 is 2.25 bits per heavy atom. The maximum atomic E-state index is 13.1. The van der Waals surface area contributed by atoms with Gasteiger partial charge in [-0.3, -0.25) is 4.90 Å². The lowest BCUT2D eigenvalue weighted by atomic mass is 10.2. The highest BCUT2D eigenvalue weighted by molar-refractivity contribution is 9.10. The molecule has 1 saturated heterocycles. The van der Waals surface area contributed by atoms with Crippen LogP contribution in [0.1, 0.15) is 12.0 Å². The Bertz CT molecular complexity index is 370. The van der Waals surface area contributed by atoms with Crippen LogP contribution in [-0.2, 0) is 6.54 Å². The van der Waals surface area contributed by atoms with Gasteiger partial charge >= 0.3 is 0 Å². The molecule has 4 heteroatoms. The third-order valence-electron chi connectivity index (χ3n) is 2.98. The average molecular weight is 351 g/mol.